The molecule has 3 aromatic rings. The third kappa shape index (κ3) is 5.67. The smallest absolute Gasteiger partial charge is 0.340 e. The number of rotatable bonds is 7. The van der Waals surface area contributed by atoms with Gasteiger partial charge in [0, 0.05) is 0 Å². The summed E-state index contributed by atoms with van der Waals surface area (Å²) in [6.07, 6.45) is 0. The van der Waals surface area contributed by atoms with Crippen molar-refractivity contribution in [1.82, 2.24) is 0 Å². The van der Waals surface area contributed by atoms with Crippen LogP contribution in [0.3, 0.4) is 0 Å². The Hall–Kier alpha value is -3.79. The van der Waals surface area contributed by atoms with Crippen LogP contribution >= 0.6 is 0 Å². The quantitative estimate of drug-likeness (QED) is 0.522. The molecule has 0 atom stereocenters. The topological polar surface area (TPSA) is 102 Å². The molecule has 1 amide bonds. The number of esters is 1. The van der Waals surface area contributed by atoms with Gasteiger partial charge in [0.2, 0.25) is 0 Å². The first kappa shape index (κ1) is 22.9. The van der Waals surface area contributed by atoms with Crippen LogP contribution in [0, 0.1) is 18.6 Å². The zero-order chi connectivity index (χ0) is 23.3. The lowest BCUT2D eigenvalue weighted by Crippen LogP contribution is -2.22. The Kier molecular flexibility index (Phi) is 6.84. The Labute approximate surface area is 183 Å². The number of amides is 1. The van der Waals surface area contributed by atoms with Crippen molar-refractivity contribution in [3.05, 3.63) is 89.5 Å². The average molecular weight is 460 g/mol. The fraction of sp³-hybridized carbons (Fsp3) is 0.0909. The highest BCUT2D eigenvalue weighted by Crippen LogP contribution is 2.21. The second-order valence-corrected chi connectivity index (χ2v) is 8.40. The van der Waals surface area contributed by atoms with Gasteiger partial charge in [-0.15, -0.1) is 0 Å². The lowest BCUT2D eigenvalue weighted by molar-refractivity contribution is -0.119. The van der Waals surface area contributed by atoms with Gasteiger partial charge in [-0.25, -0.2) is 22.0 Å². The molecule has 0 aliphatic heterocycles. The number of anilines is 2. The van der Waals surface area contributed by atoms with Crippen molar-refractivity contribution < 1.29 is 31.5 Å². The molecule has 0 aliphatic carbocycles. The van der Waals surface area contributed by atoms with Crippen LogP contribution < -0.4 is 10.0 Å². The van der Waals surface area contributed by atoms with Crippen molar-refractivity contribution in [2.24, 2.45) is 0 Å². The van der Waals surface area contributed by atoms with Gasteiger partial charge in [-0.3, -0.25) is 9.52 Å². The number of sulfonamides is 1. The molecule has 0 saturated heterocycles. The summed E-state index contributed by atoms with van der Waals surface area (Å²) in [7, 11) is -4.11. The van der Waals surface area contributed by atoms with Crippen LogP contribution in [0.25, 0.3) is 0 Å². The Morgan fingerprint density at radius 2 is 1.62 bits per heavy atom. The second kappa shape index (κ2) is 9.56. The van der Waals surface area contributed by atoms with E-state index in [9.17, 15) is 26.8 Å². The number of carbonyl (C=O) groups is 2. The lowest BCUT2D eigenvalue weighted by atomic mass is 10.2. The fourth-order valence-electron chi connectivity index (χ4n) is 2.68. The van der Waals surface area contributed by atoms with Crippen molar-refractivity contribution in [3.8, 4) is 0 Å². The lowest BCUT2D eigenvalue weighted by Gasteiger charge is -2.12. The van der Waals surface area contributed by atoms with Gasteiger partial charge in [0.1, 0.15) is 11.6 Å². The Balaban J connectivity index is 1.68. The van der Waals surface area contributed by atoms with Gasteiger partial charge in [0.05, 0.1) is 21.8 Å². The van der Waals surface area contributed by atoms with Gasteiger partial charge < -0.3 is 10.1 Å². The maximum Gasteiger partial charge on any atom is 0.340 e. The number of hydrogen-bond acceptors (Lipinski definition) is 5. The number of hydrogen-bond donors (Lipinski definition) is 2. The minimum absolute atomic E-state index is 0.0656. The number of carbonyl (C=O) groups excluding carboxylic acids is 2. The summed E-state index contributed by atoms with van der Waals surface area (Å²) in [5.74, 6) is -2.98. The molecular formula is C22H18F2N2O5S. The largest absolute Gasteiger partial charge is 0.452 e. The third-order valence-electron chi connectivity index (χ3n) is 4.25. The van der Waals surface area contributed by atoms with Crippen molar-refractivity contribution in [2.75, 3.05) is 16.6 Å². The molecule has 166 valence electrons. The summed E-state index contributed by atoms with van der Waals surface area (Å²) in [6.45, 7) is 0.976. The molecule has 7 nitrogen and oxygen atoms in total. The van der Waals surface area contributed by atoms with Crippen LogP contribution in [0.4, 0.5) is 20.2 Å². The second-order valence-electron chi connectivity index (χ2n) is 6.71. The molecule has 0 fully saturated rings. The van der Waals surface area contributed by atoms with Crippen LogP contribution in [0.1, 0.15) is 15.9 Å². The van der Waals surface area contributed by atoms with Crippen molar-refractivity contribution in [3.63, 3.8) is 0 Å². The van der Waals surface area contributed by atoms with E-state index in [1.54, 1.807) is 13.0 Å². The molecule has 0 aromatic heterocycles. The molecule has 10 heteroatoms. The van der Waals surface area contributed by atoms with E-state index in [1.165, 1.54) is 36.4 Å². The highest BCUT2D eigenvalue weighted by Gasteiger charge is 2.20. The molecule has 0 spiro atoms. The molecule has 0 bridgehead atoms. The number of halogens is 2. The number of benzene rings is 3. The van der Waals surface area contributed by atoms with E-state index in [1.807, 2.05) is 0 Å². The standard InChI is InChI=1S/C22H18F2N2O5S/c1-14-6-11-20(18(24)12-14)25-21(27)13-31-22(28)17-4-2-3-5-19(17)26-32(29,30)16-9-7-15(23)8-10-16/h2-12,26H,13H2,1H3,(H,25,27). The molecule has 32 heavy (non-hydrogen) atoms. The molecule has 3 rings (SSSR count). The summed E-state index contributed by atoms with van der Waals surface area (Å²) >= 11 is 0. The maximum absolute atomic E-state index is 13.8. The number of nitrogens with one attached hydrogen (secondary N) is 2. The molecule has 0 radical (unpaired) electrons. The highest BCUT2D eigenvalue weighted by molar-refractivity contribution is 7.92. The summed E-state index contributed by atoms with van der Waals surface area (Å²) in [5, 5.41) is 2.29. The van der Waals surface area contributed by atoms with E-state index in [0.29, 0.717) is 5.56 Å². The van der Waals surface area contributed by atoms with Crippen molar-refractivity contribution in [2.45, 2.75) is 11.8 Å². The predicted molar refractivity (Wildman–Crippen MR) is 114 cm³/mol. The number of aryl methyl sites for hydroxylation is 1. The van der Waals surface area contributed by atoms with Crippen LogP contribution in [0.5, 0.6) is 0 Å². The summed E-state index contributed by atoms with van der Waals surface area (Å²) < 4.78 is 59.1. The van der Waals surface area contributed by atoms with Gasteiger partial charge in [-0.2, -0.15) is 0 Å². The van der Waals surface area contributed by atoms with E-state index in [-0.39, 0.29) is 21.8 Å². The number of ether oxygens (including phenoxy) is 1. The van der Waals surface area contributed by atoms with Gasteiger partial charge >= 0.3 is 5.97 Å². The molecule has 0 saturated carbocycles. The Morgan fingerprint density at radius 3 is 2.31 bits per heavy atom. The first-order chi connectivity index (χ1) is 15.2. The van der Waals surface area contributed by atoms with Crippen molar-refractivity contribution >= 4 is 33.3 Å². The van der Waals surface area contributed by atoms with Crippen LogP contribution in [0.2, 0.25) is 0 Å². The van der Waals surface area contributed by atoms with Crippen molar-refractivity contribution in [1.29, 1.82) is 0 Å². The monoisotopic (exact) mass is 460 g/mol. The van der Waals surface area contributed by atoms with E-state index in [2.05, 4.69) is 10.0 Å². The normalized spacial score (nSPS) is 11.0. The SMILES string of the molecule is Cc1ccc(NC(=O)COC(=O)c2ccccc2NS(=O)(=O)c2ccc(F)cc2)c(F)c1. The summed E-state index contributed by atoms with van der Waals surface area (Å²) in [6, 6.07) is 14.0. The molecule has 3 aromatic carbocycles. The molecule has 0 heterocycles. The predicted octanol–water partition coefficient (Wildman–Crippen LogP) is 3.87. The minimum Gasteiger partial charge on any atom is -0.452 e. The van der Waals surface area contributed by atoms with Gasteiger partial charge in [0.25, 0.3) is 15.9 Å². The van der Waals surface area contributed by atoms with E-state index < -0.39 is 40.1 Å². The first-order valence-corrected chi connectivity index (χ1v) is 10.7. The summed E-state index contributed by atoms with van der Waals surface area (Å²) in [4.78, 5) is 24.2. The van der Waals surface area contributed by atoms with E-state index in [4.69, 9.17) is 4.74 Å². The fourth-order valence-corrected chi connectivity index (χ4v) is 3.76. The molecular weight excluding hydrogens is 442 g/mol. The average Bonchev–Trinajstić information content (AvgIpc) is 2.74. The van der Waals surface area contributed by atoms with Gasteiger partial charge in [-0.05, 0) is 61.0 Å². The van der Waals surface area contributed by atoms with E-state index >= 15 is 0 Å². The first-order valence-electron chi connectivity index (χ1n) is 9.26. The molecule has 2 N–H and O–H groups in total. The van der Waals surface area contributed by atoms with E-state index in [0.717, 1.165) is 24.3 Å². The Morgan fingerprint density at radius 1 is 0.938 bits per heavy atom. The van der Waals surface area contributed by atoms with Crippen LogP contribution in [-0.4, -0.2) is 26.9 Å². The zero-order valence-electron chi connectivity index (χ0n) is 16.8. The zero-order valence-corrected chi connectivity index (χ0v) is 17.6. The van der Waals surface area contributed by atoms with Crippen LogP contribution in [0.15, 0.2) is 71.6 Å². The Bertz CT molecular complexity index is 1260. The minimum atomic E-state index is -4.11. The molecule has 0 unspecified atom stereocenters. The third-order valence-corrected chi connectivity index (χ3v) is 5.63. The van der Waals surface area contributed by atoms with Crippen LogP contribution in [-0.2, 0) is 19.6 Å². The highest BCUT2D eigenvalue weighted by atomic mass is 32.2. The molecule has 0 aliphatic rings. The van der Waals surface area contributed by atoms with Gasteiger partial charge in [-0.1, -0.05) is 18.2 Å². The number of para-hydroxylation sites is 1. The summed E-state index contributed by atoms with van der Waals surface area (Å²) in [5.41, 5.74) is 0.370. The van der Waals surface area contributed by atoms with Gasteiger partial charge in [0.15, 0.2) is 6.61 Å². The maximum atomic E-state index is 13.8.